The molecule has 0 spiro atoms. The SMILES string of the molecule is CN=C(NCc1ccccc1-n1nc(C)cc1C)NCC(CC(C)C)N1CCOCC1.I. The maximum Gasteiger partial charge on any atom is 0.191 e. The van der Waals surface area contributed by atoms with E-state index in [9.17, 15) is 0 Å². The van der Waals surface area contributed by atoms with Gasteiger partial charge in [0, 0.05) is 45.0 Å². The molecule has 1 aromatic carbocycles. The molecule has 1 aromatic heterocycles. The van der Waals surface area contributed by atoms with E-state index in [1.807, 2.05) is 18.7 Å². The summed E-state index contributed by atoms with van der Waals surface area (Å²) in [6, 6.07) is 11.0. The molecule has 0 bridgehead atoms. The van der Waals surface area contributed by atoms with Crippen molar-refractivity contribution in [1.82, 2.24) is 25.3 Å². The summed E-state index contributed by atoms with van der Waals surface area (Å²) in [7, 11) is 1.83. The van der Waals surface area contributed by atoms with Crippen molar-refractivity contribution in [1.29, 1.82) is 0 Å². The molecule has 8 heteroatoms. The van der Waals surface area contributed by atoms with Crippen LogP contribution >= 0.6 is 24.0 Å². The molecule has 0 radical (unpaired) electrons. The third kappa shape index (κ3) is 7.45. The second kappa shape index (κ2) is 13.2. The predicted molar refractivity (Wildman–Crippen MR) is 142 cm³/mol. The highest BCUT2D eigenvalue weighted by molar-refractivity contribution is 14.0. The molecule has 178 valence electrons. The number of nitrogens with one attached hydrogen (secondary N) is 2. The molecule has 3 rings (SSSR count). The average molecular weight is 555 g/mol. The fourth-order valence-corrected chi connectivity index (χ4v) is 4.20. The van der Waals surface area contributed by atoms with Crippen molar-refractivity contribution in [3.63, 3.8) is 0 Å². The van der Waals surface area contributed by atoms with Crippen molar-refractivity contribution >= 4 is 29.9 Å². The van der Waals surface area contributed by atoms with Crippen LogP contribution < -0.4 is 10.6 Å². The van der Waals surface area contributed by atoms with Gasteiger partial charge in [-0.2, -0.15) is 5.10 Å². The highest BCUT2D eigenvalue weighted by atomic mass is 127. The molecule has 2 N–H and O–H groups in total. The third-order valence-electron chi connectivity index (χ3n) is 5.71. The number of aryl methyl sites for hydroxylation is 2. The Morgan fingerprint density at radius 2 is 1.88 bits per heavy atom. The van der Waals surface area contributed by atoms with E-state index in [2.05, 4.69) is 76.7 Å². The van der Waals surface area contributed by atoms with Crippen LogP contribution in [-0.2, 0) is 11.3 Å². The van der Waals surface area contributed by atoms with Crippen LogP contribution in [0.5, 0.6) is 0 Å². The highest BCUT2D eigenvalue weighted by Gasteiger charge is 2.22. The number of morpholine rings is 1. The number of nitrogens with zero attached hydrogens (tertiary/aromatic N) is 4. The Morgan fingerprint density at radius 1 is 1.16 bits per heavy atom. The summed E-state index contributed by atoms with van der Waals surface area (Å²) < 4.78 is 7.55. The molecule has 0 saturated carbocycles. The van der Waals surface area contributed by atoms with Crippen LogP contribution in [0.15, 0.2) is 35.3 Å². The summed E-state index contributed by atoms with van der Waals surface area (Å²) in [4.78, 5) is 7.00. The van der Waals surface area contributed by atoms with Gasteiger partial charge in [-0.15, -0.1) is 24.0 Å². The van der Waals surface area contributed by atoms with Crippen LogP contribution in [0.4, 0.5) is 0 Å². The molecule has 1 aliphatic rings. The lowest BCUT2D eigenvalue weighted by atomic mass is 10.0. The minimum Gasteiger partial charge on any atom is -0.379 e. The van der Waals surface area contributed by atoms with E-state index >= 15 is 0 Å². The number of aromatic nitrogens is 2. The van der Waals surface area contributed by atoms with E-state index < -0.39 is 0 Å². The van der Waals surface area contributed by atoms with Crippen LogP contribution in [0.25, 0.3) is 5.69 Å². The molecule has 0 aliphatic carbocycles. The van der Waals surface area contributed by atoms with Gasteiger partial charge in [0.05, 0.1) is 24.6 Å². The lowest BCUT2D eigenvalue weighted by Crippen LogP contribution is -2.51. The van der Waals surface area contributed by atoms with Gasteiger partial charge in [0.2, 0.25) is 0 Å². The molecule has 1 atom stereocenters. The summed E-state index contributed by atoms with van der Waals surface area (Å²) in [5.41, 5.74) is 4.44. The van der Waals surface area contributed by atoms with Gasteiger partial charge in [-0.05, 0) is 43.9 Å². The van der Waals surface area contributed by atoms with Crippen molar-refractivity contribution in [2.24, 2.45) is 10.9 Å². The van der Waals surface area contributed by atoms with Crippen molar-refractivity contribution < 1.29 is 4.74 Å². The van der Waals surface area contributed by atoms with E-state index in [-0.39, 0.29) is 24.0 Å². The quantitative estimate of drug-likeness (QED) is 0.297. The maximum absolute atomic E-state index is 5.54. The molecule has 2 heterocycles. The number of ether oxygens (including phenoxy) is 1. The van der Waals surface area contributed by atoms with Crippen molar-refractivity contribution in [2.45, 2.75) is 46.7 Å². The highest BCUT2D eigenvalue weighted by Crippen LogP contribution is 2.17. The van der Waals surface area contributed by atoms with Crippen LogP contribution in [0.3, 0.4) is 0 Å². The Balaban J connectivity index is 0.00000363. The van der Waals surface area contributed by atoms with Crippen molar-refractivity contribution in [3.05, 3.63) is 47.3 Å². The zero-order valence-electron chi connectivity index (χ0n) is 20.1. The molecule has 0 amide bonds. The number of benzene rings is 1. The number of hydrogen-bond donors (Lipinski definition) is 2. The number of rotatable bonds is 8. The Hall–Kier alpha value is -1.65. The van der Waals surface area contributed by atoms with Crippen LogP contribution in [0, 0.1) is 19.8 Å². The van der Waals surface area contributed by atoms with E-state index in [4.69, 9.17) is 4.74 Å². The number of hydrogen-bond acceptors (Lipinski definition) is 4. The summed E-state index contributed by atoms with van der Waals surface area (Å²) >= 11 is 0. The summed E-state index contributed by atoms with van der Waals surface area (Å²) in [6.45, 7) is 13.9. The lowest BCUT2D eigenvalue weighted by molar-refractivity contribution is 0.0132. The molecular formula is C24H39IN6O. The second-order valence-electron chi connectivity index (χ2n) is 8.71. The Morgan fingerprint density at radius 3 is 2.50 bits per heavy atom. The zero-order valence-corrected chi connectivity index (χ0v) is 22.4. The number of para-hydroxylation sites is 1. The lowest BCUT2D eigenvalue weighted by Gasteiger charge is -2.35. The second-order valence-corrected chi connectivity index (χ2v) is 8.71. The van der Waals surface area contributed by atoms with Gasteiger partial charge < -0.3 is 15.4 Å². The zero-order chi connectivity index (χ0) is 22.2. The predicted octanol–water partition coefficient (Wildman–Crippen LogP) is 3.52. The Kier molecular flexibility index (Phi) is 10.9. The van der Waals surface area contributed by atoms with Crippen molar-refractivity contribution in [3.8, 4) is 5.69 Å². The van der Waals surface area contributed by atoms with Crippen LogP contribution in [0.2, 0.25) is 0 Å². The standard InChI is InChI=1S/C24H38N6O.HI/c1-18(2)14-22(29-10-12-31-13-11-29)17-27-24(25-5)26-16-21-8-6-7-9-23(21)30-20(4)15-19(3)28-30;/h6-9,15,18,22H,10-14,16-17H2,1-5H3,(H2,25,26,27);1H. The molecule has 1 saturated heterocycles. The van der Waals surface area contributed by atoms with Gasteiger partial charge in [0.25, 0.3) is 0 Å². The van der Waals surface area contributed by atoms with E-state index in [1.165, 1.54) is 5.56 Å². The van der Waals surface area contributed by atoms with E-state index in [0.717, 1.165) is 62.3 Å². The molecule has 1 unspecified atom stereocenters. The molecule has 32 heavy (non-hydrogen) atoms. The molecule has 7 nitrogen and oxygen atoms in total. The first-order valence-electron chi connectivity index (χ1n) is 11.4. The minimum atomic E-state index is 0. The first-order chi connectivity index (χ1) is 15.0. The first kappa shape index (κ1) is 26.6. The Labute approximate surface area is 210 Å². The van der Waals surface area contributed by atoms with Gasteiger partial charge in [0.15, 0.2) is 5.96 Å². The van der Waals surface area contributed by atoms with Gasteiger partial charge in [-0.25, -0.2) is 4.68 Å². The van der Waals surface area contributed by atoms with Crippen LogP contribution in [-0.4, -0.2) is 66.6 Å². The molecule has 2 aromatic rings. The third-order valence-corrected chi connectivity index (χ3v) is 5.71. The first-order valence-corrected chi connectivity index (χ1v) is 11.4. The van der Waals surface area contributed by atoms with E-state index in [1.54, 1.807) is 0 Å². The average Bonchev–Trinajstić information content (AvgIpc) is 3.11. The molecule has 1 aliphatic heterocycles. The smallest absolute Gasteiger partial charge is 0.191 e. The molecule has 1 fully saturated rings. The number of aliphatic imine (C=N–C) groups is 1. The largest absolute Gasteiger partial charge is 0.379 e. The molecular weight excluding hydrogens is 515 g/mol. The number of guanidine groups is 1. The fourth-order valence-electron chi connectivity index (χ4n) is 4.20. The fraction of sp³-hybridized carbons (Fsp3) is 0.583. The maximum atomic E-state index is 5.54. The van der Waals surface area contributed by atoms with Gasteiger partial charge in [-0.1, -0.05) is 32.0 Å². The summed E-state index contributed by atoms with van der Waals surface area (Å²) in [5.74, 6) is 1.47. The van der Waals surface area contributed by atoms with Crippen LogP contribution in [0.1, 0.15) is 37.2 Å². The monoisotopic (exact) mass is 554 g/mol. The van der Waals surface area contributed by atoms with E-state index in [0.29, 0.717) is 18.5 Å². The van der Waals surface area contributed by atoms with Crippen molar-refractivity contribution in [2.75, 3.05) is 39.9 Å². The van der Waals surface area contributed by atoms with Gasteiger partial charge in [0.1, 0.15) is 0 Å². The normalized spacial score (nSPS) is 16.0. The number of halogens is 1. The Bertz CT molecular complexity index is 860. The summed E-state index contributed by atoms with van der Waals surface area (Å²) in [5, 5.41) is 11.7. The topological polar surface area (TPSA) is 66.7 Å². The van der Waals surface area contributed by atoms with Gasteiger partial charge >= 0.3 is 0 Å². The minimum absolute atomic E-state index is 0. The summed E-state index contributed by atoms with van der Waals surface area (Å²) in [6.07, 6.45) is 1.16. The van der Waals surface area contributed by atoms with Gasteiger partial charge in [-0.3, -0.25) is 9.89 Å².